The summed E-state index contributed by atoms with van der Waals surface area (Å²) in [5.74, 6) is 0.534. The highest BCUT2D eigenvalue weighted by atomic mass is 16.5. The van der Waals surface area contributed by atoms with Gasteiger partial charge in [-0.3, -0.25) is 19.4 Å². The molecule has 1 fully saturated rings. The lowest BCUT2D eigenvalue weighted by atomic mass is 9.85. The number of benzene rings is 2. The quantitative estimate of drug-likeness (QED) is 0.241. The maximum absolute atomic E-state index is 13.9. The molecule has 0 radical (unpaired) electrons. The molecule has 11 heteroatoms. The number of aromatic nitrogens is 3. The zero-order valence-electron chi connectivity index (χ0n) is 26.7. The van der Waals surface area contributed by atoms with Crippen LogP contribution in [0.25, 0.3) is 21.8 Å². The zero-order chi connectivity index (χ0) is 32.3. The first-order valence-corrected chi connectivity index (χ1v) is 15.2. The summed E-state index contributed by atoms with van der Waals surface area (Å²) in [5, 5.41) is 11.0. The predicted octanol–water partition coefficient (Wildman–Crippen LogP) is 4.17. The van der Waals surface area contributed by atoms with E-state index in [1.807, 2.05) is 57.2 Å². The number of ether oxygens (including phenoxy) is 1. The van der Waals surface area contributed by atoms with Crippen molar-refractivity contribution in [3.63, 3.8) is 0 Å². The van der Waals surface area contributed by atoms with Gasteiger partial charge in [0.05, 0.1) is 30.2 Å². The Kier molecular flexibility index (Phi) is 9.29. The topological polar surface area (TPSA) is 138 Å². The summed E-state index contributed by atoms with van der Waals surface area (Å²) in [5.41, 5.74) is 2.53. The number of amides is 2. The number of fused-ring (bicyclic) bond motifs is 2. The Bertz CT molecular complexity index is 1740. The van der Waals surface area contributed by atoms with Crippen LogP contribution in [0.1, 0.15) is 46.1 Å². The number of likely N-dealkylation sites (N-methyl/N-ethyl adjacent to an activating group) is 1. The molecule has 2 aromatic carbocycles. The summed E-state index contributed by atoms with van der Waals surface area (Å²) in [4.78, 5) is 55.5. The van der Waals surface area contributed by atoms with Crippen molar-refractivity contribution >= 4 is 50.9 Å². The average Bonchev–Trinajstić information content (AvgIpc) is 3.52. The maximum atomic E-state index is 13.9. The Morgan fingerprint density at radius 2 is 1.87 bits per heavy atom. The van der Waals surface area contributed by atoms with E-state index >= 15 is 0 Å². The summed E-state index contributed by atoms with van der Waals surface area (Å²) in [6.07, 6.45) is 4.58. The van der Waals surface area contributed by atoms with E-state index in [0.717, 1.165) is 22.0 Å². The van der Waals surface area contributed by atoms with E-state index in [1.165, 1.54) is 6.33 Å². The fourth-order valence-corrected chi connectivity index (χ4v) is 5.73. The van der Waals surface area contributed by atoms with Crippen LogP contribution in [0.3, 0.4) is 0 Å². The molecule has 3 atom stereocenters. The number of nitrogens with zero attached hydrogens (tertiary/aromatic N) is 4. The van der Waals surface area contributed by atoms with Crippen molar-refractivity contribution in [2.24, 2.45) is 5.41 Å². The molecule has 0 aliphatic carbocycles. The average molecular weight is 612 g/mol. The Morgan fingerprint density at radius 1 is 1.07 bits per heavy atom. The van der Waals surface area contributed by atoms with Crippen LogP contribution in [0.15, 0.2) is 55.0 Å². The minimum atomic E-state index is -0.777. The van der Waals surface area contributed by atoms with Gasteiger partial charge < -0.3 is 25.6 Å². The molecule has 3 heterocycles. The first kappa shape index (κ1) is 31.8. The van der Waals surface area contributed by atoms with Gasteiger partial charge in [-0.2, -0.15) is 0 Å². The minimum absolute atomic E-state index is 0.0624. The summed E-state index contributed by atoms with van der Waals surface area (Å²) >= 11 is 0. The molecule has 1 aliphatic rings. The molecule has 0 bridgehead atoms. The SMILES string of the molecule is CN[C@@H](C)C(=O)N[C@H](C(=O)N1CCC[C@H]1C(=O)Cc1cc2c(Nc3ccc4ncccc4c3)ncnc2cc1OC)C(C)(C)C. The van der Waals surface area contributed by atoms with Crippen LogP contribution in [0, 0.1) is 5.41 Å². The number of Topliss-reactive ketones (excluding diaryl/α,β-unsaturated/α-hetero) is 1. The van der Waals surface area contributed by atoms with Gasteiger partial charge in [0.25, 0.3) is 0 Å². The van der Waals surface area contributed by atoms with Crippen LogP contribution >= 0.6 is 0 Å². The molecule has 5 rings (SSSR count). The molecule has 236 valence electrons. The second kappa shape index (κ2) is 13.2. The van der Waals surface area contributed by atoms with E-state index < -0.39 is 23.5 Å². The molecule has 2 amide bonds. The number of ketones is 1. The van der Waals surface area contributed by atoms with Crippen molar-refractivity contribution in [3.05, 3.63) is 60.6 Å². The van der Waals surface area contributed by atoms with Crippen LogP contribution in [0.4, 0.5) is 11.5 Å². The van der Waals surface area contributed by atoms with Gasteiger partial charge in [-0.1, -0.05) is 26.8 Å². The van der Waals surface area contributed by atoms with Crippen molar-refractivity contribution in [2.45, 2.75) is 65.1 Å². The van der Waals surface area contributed by atoms with Crippen LogP contribution in [0.2, 0.25) is 0 Å². The molecule has 11 nitrogen and oxygen atoms in total. The number of hydrogen-bond donors (Lipinski definition) is 3. The first-order valence-electron chi connectivity index (χ1n) is 15.2. The first-order chi connectivity index (χ1) is 21.5. The van der Waals surface area contributed by atoms with Gasteiger partial charge in [0.1, 0.15) is 23.9 Å². The minimum Gasteiger partial charge on any atom is -0.496 e. The molecule has 1 aliphatic heterocycles. The lowest BCUT2D eigenvalue weighted by Crippen LogP contribution is -2.58. The Balaban J connectivity index is 1.40. The highest BCUT2D eigenvalue weighted by Gasteiger charge is 2.42. The number of likely N-dealkylation sites (tertiary alicyclic amines) is 1. The lowest BCUT2D eigenvalue weighted by Gasteiger charge is -2.36. The molecular weight excluding hydrogens is 570 g/mol. The van der Waals surface area contributed by atoms with Crippen molar-refractivity contribution in [1.82, 2.24) is 30.5 Å². The fraction of sp³-hybridized carbons (Fsp3) is 0.412. The molecule has 45 heavy (non-hydrogen) atoms. The molecule has 0 spiro atoms. The number of hydrogen-bond acceptors (Lipinski definition) is 9. The van der Waals surface area contributed by atoms with Crippen molar-refractivity contribution in [1.29, 1.82) is 0 Å². The van der Waals surface area contributed by atoms with Gasteiger partial charge in [0, 0.05) is 47.3 Å². The third-order valence-electron chi connectivity index (χ3n) is 8.40. The summed E-state index contributed by atoms with van der Waals surface area (Å²) < 4.78 is 5.68. The lowest BCUT2D eigenvalue weighted by molar-refractivity contribution is -0.143. The van der Waals surface area contributed by atoms with Gasteiger partial charge >= 0.3 is 0 Å². The highest BCUT2D eigenvalue weighted by molar-refractivity contribution is 5.97. The van der Waals surface area contributed by atoms with Crippen molar-refractivity contribution in [3.8, 4) is 5.75 Å². The highest BCUT2D eigenvalue weighted by Crippen LogP contribution is 2.32. The number of methoxy groups -OCH3 is 1. The summed E-state index contributed by atoms with van der Waals surface area (Å²) in [6.45, 7) is 7.93. The molecule has 0 unspecified atom stereocenters. The Morgan fingerprint density at radius 3 is 2.60 bits per heavy atom. The van der Waals surface area contributed by atoms with Gasteiger partial charge in [0.2, 0.25) is 11.8 Å². The monoisotopic (exact) mass is 611 g/mol. The molecular formula is C34H41N7O4. The van der Waals surface area contributed by atoms with Crippen LogP contribution in [0.5, 0.6) is 5.75 Å². The normalized spacial score (nSPS) is 16.4. The smallest absolute Gasteiger partial charge is 0.246 e. The fourth-order valence-electron chi connectivity index (χ4n) is 5.73. The van der Waals surface area contributed by atoms with Gasteiger partial charge in [-0.15, -0.1) is 0 Å². The Hall–Kier alpha value is -4.64. The molecule has 1 saturated heterocycles. The maximum Gasteiger partial charge on any atom is 0.246 e. The van der Waals surface area contributed by atoms with E-state index in [2.05, 4.69) is 30.9 Å². The van der Waals surface area contributed by atoms with Crippen molar-refractivity contribution < 1.29 is 19.1 Å². The largest absolute Gasteiger partial charge is 0.496 e. The predicted molar refractivity (Wildman–Crippen MR) is 174 cm³/mol. The van der Waals surface area contributed by atoms with E-state index in [9.17, 15) is 14.4 Å². The zero-order valence-corrected chi connectivity index (χ0v) is 26.7. The van der Waals surface area contributed by atoms with Crippen LogP contribution < -0.4 is 20.7 Å². The van der Waals surface area contributed by atoms with Crippen LogP contribution in [-0.4, -0.2) is 76.3 Å². The standard InChI is InChI=1S/C34H41N7O4/c1-20(35-5)32(43)40-30(34(2,3)4)33(44)41-14-8-10-27(41)28(42)17-22-16-24-26(18-29(22)45-6)37-19-38-31(24)39-23-11-12-25-21(15-23)9-7-13-36-25/h7,9,11-13,15-16,18-20,27,30,35H,8,10,14,17H2,1-6H3,(H,40,43)(H,37,38,39)/t20-,27-,30+/m0/s1. The number of anilines is 2. The number of carbonyl (C=O) groups excluding carboxylic acids is 3. The van der Waals surface area contributed by atoms with Gasteiger partial charge in [-0.05, 0) is 62.6 Å². The molecule has 4 aromatic rings. The third-order valence-corrected chi connectivity index (χ3v) is 8.40. The second-order valence-corrected chi connectivity index (χ2v) is 12.6. The molecule has 0 saturated carbocycles. The summed E-state index contributed by atoms with van der Waals surface area (Å²) in [7, 11) is 3.26. The second-order valence-electron chi connectivity index (χ2n) is 12.6. The van der Waals surface area contributed by atoms with E-state index in [0.29, 0.717) is 42.0 Å². The van der Waals surface area contributed by atoms with E-state index in [4.69, 9.17) is 4.74 Å². The molecule has 2 aromatic heterocycles. The Labute approximate surface area is 263 Å². The van der Waals surface area contributed by atoms with Crippen molar-refractivity contribution in [2.75, 3.05) is 26.0 Å². The van der Waals surface area contributed by atoms with E-state index in [-0.39, 0.29) is 24.0 Å². The third kappa shape index (κ3) is 6.88. The van der Waals surface area contributed by atoms with Crippen LogP contribution in [-0.2, 0) is 20.8 Å². The van der Waals surface area contributed by atoms with E-state index in [1.54, 1.807) is 38.2 Å². The van der Waals surface area contributed by atoms with Gasteiger partial charge in [0.15, 0.2) is 5.78 Å². The summed E-state index contributed by atoms with van der Waals surface area (Å²) in [6, 6.07) is 11.6. The number of rotatable bonds is 10. The van der Waals surface area contributed by atoms with Gasteiger partial charge in [-0.25, -0.2) is 9.97 Å². The number of carbonyl (C=O) groups is 3. The molecule has 3 N–H and O–H groups in total. The number of nitrogens with one attached hydrogen (secondary N) is 3. The number of pyridine rings is 1.